The molecular weight excluding hydrogens is 420 g/mol. The average molecular weight is 455 g/mol. The summed E-state index contributed by atoms with van der Waals surface area (Å²) in [6.07, 6.45) is 7.85. The maximum absolute atomic E-state index is 11.6. The van der Waals surface area contributed by atoms with Crippen molar-refractivity contribution in [3.05, 3.63) is 47.2 Å². The Morgan fingerprint density at radius 1 is 1.42 bits per heavy atom. The van der Waals surface area contributed by atoms with E-state index in [0.29, 0.717) is 61.4 Å². The lowest BCUT2D eigenvalue weighted by atomic mass is 10.1. The summed E-state index contributed by atoms with van der Waals surface area (Å²) in [7, 11) is 3.53. The van der Waals surface area contributed by atoms with Crippen molar-refractivity contribution in [1.29, 1.82) is 0 Å². The first-order valence-corrected chi connectivity index (χ1v) is 10.5. The number of dihydropyridines is 1. The molecule has 0 spiro atoms. The maximum atomic E-state index is 11.6. The fourth-order valence-electron chi connectivity index (χ4n) is 2.93. The third-order valence-corrected chi connectivity index (χ3v) is 4.83. The minimum absolute atomic E-state index is 0.0286. The second-order valence-electron chi connectivity index (χ2n) is 7.06. The third kappa shape index (κ3) is 8.74. The molecule has 31 heavy (non-hydrogen) atoms. The second kappa shape index (κ2) is 14.6. The molecule has 1 amide bonds. The van der Waals surface area contributed by atoms with E-state index in [9.17, 15) is 4.79 Å². The minimum atomic E-state index is -0.0286. The number of nitrogens with one attached hydrogen (secondary N) is 1. The number of halogens is 1. The molecule has 9 nitrogen and oxygen atoms in total. The van der Waals surface area contributed by atoms with Crippen molar-refractivity contribution in [2.75, 3.05) is 47.1 Å². The van der Waals surface area contributed by atoms with E-state index in [1.165, 1.54) is 4.90 Å². The van der Waals surface area contributed by atoms with Crippen molar-refractivity contribution >= 4 is 24.7 Å². The molecule has 1 aliphatic heterocycles. The van der Waals surface area contributed by atoms with Crippen molar-refractivity contribution in [3.8, 4) is 0 Å². The number of nitrogens with two attached hydrogens (primary N) is 1. The van der Waals surface area contributed by atoms with Gasteiger partial charge in [-0.1, -0.05) is 31.2 Å². The summed E-state index contributed by atoms with van der Waals surface area (Å²) >= 11 is 6.02. The van der Waals surface area contributed by atoms with Crippen LogP contribution in [0.25, 0.3) is 0 Å². The van der Waals surface area contributed by atoms with E-state index in [-0.39, 0.29) is 12.8 Å². The van der Waals surface area contributed by atoms with E-state index in [1.807, 2.05) is 35.9 Å². The molecule has 0 aromatic rings. The number of carbonyl (C=O) groups excluding carboxylic acids is 1. The van der Waals surface area contributed by atoms with Gasteiger partial charge in [0.1, 0.15) is 12.4 Å². The summed E-state index contributed by atoms with van der Waals surface area (Å²) in [5, 5.41) is 3.88. The number of likely N-dealkylation sites (N-methyl/N-ethyl adjacent to an activating group) is 1. The smallest absolute Gasteiger partial charge is 0.215 e. The molecule has 0 aliphatic carbocycles. The van der Waals surface area contributed by atoms with Crippen LogP contribution in [0.4, 0.5) is 0 Å². The molecule has 0 bridgehead atoms. The standard InChI is InChI=1S/C21H35ClN6O3/c1-6-11-30-16-28(14-19-9-8-18(22)13-25-19)20(21(24-3)27(5)15-29)17(2)26(4)10-7-12-31-23/h8-9,13,15,19,25H,2-3,6-7,10-12,14,16,23H2,1,4-5H3/b21-20+. The van der Waals surface area contributed by atoms with Crippen LogP contribution in [-0.2, 0) is 14.4 Å². The summed E-state index contributed by atoms with van der Waals surface area (Å²) in [4.78, 5) is 25.7. The fourth-order valence-corrected chi connectivity index (χ4v) is 3.07. The quantitative estimate of drug-likeness (QED) is 0.0918. The number of amides is 1. The zero-order chi connectivity index (χ0) is 23.2. The summed E-state index contributed by atoms with van der Waals surface area (Å²) < 4.78 is 5.86. The summed E-state index contributed by atoms with van der Waals surface area (Å²) in [6.45, 7) is 12.5. The first-order chi connectivity index (χ1) is 14.9. The minimum Gasteiger partial charge on any atom is -0.382 e. The number of carbonyl (C=O) groups is 1. The van der Waals surface area contributed by atoms with Crippen LogP contribution in [0.15, 0.2) is 52.2 Å². The van der Waals surface area contributed by atoms with Crippen molar-refractivity contribution in [3.63, 3.8) is 0 Å². The predicted octanol–water partition coefficient (Wildman–Crippen LogP) is 1.96. The van der Waals surface area contributed by atoms with E-state index in [1.54, 1.807) is 13.2 Å². The van der Waals surface area contributed by atoms with Crippen LogP contribution >= 0.6 is 11.6 Å². The molecule has 0 aromatic heterocycles. The van der Waals surface area contributed by atoms with Gasteiger partial charge in [0.05, 0.1) is 23.4 Å². The highest BCUT2D eigenvalue weighted by Crippen LogP contribution is 2.24. The van der Waals surface area contributed by atoms with Crippen molar-refractivity contribution in [2.24, 2.45) is 10.9 Å². The van der Waals surface area contributed by atoms with Crippen molar-refractivity contribution in [2.45, 2.75) is 25.8 Å². The Kier molecular flexibility index (Phi) is 12.6. The number of rotatable bonds is 16. The van der Waals surface area contributed by atoms with Gasteiger partial charge in [0, 0.05) is 40.0 Å². The Hall–Kier alpha value is -2.33. The number of ether oxygens (including phenoxy) is 1. The Morgan fingerprint density at radius 3 is 2.71 bits per heavy atom. The third-order valence-electron chi connectivity index (χ3n) is 4.60. The van der Waals surface area contributed by atoms with E-state index < -0.39 is 0 Å². The monoisotopic (exact) mass is 454 g/mol. The van der Waals surface area contributed by atoms with Crippen LogP contribution in [0.1, 0.15) is 19.8 Å². The Bertz CT molecular complexity index is 695. The van der Waals surface area contributed by atoms with E-state index >= 15 is 0 Å². The molecule has 1 heterocycles. The molecule has 0 saturated heterocycles. The number of nitrogens with zero attached hydrogens (tertiary/aromatic N) is 4. The lowest BCUT2D eigenvalue weighted by Gasteiger charge is -2.36. The maximum Gasteiger partial charge on any atom is 0.215 e. The molecule has 174 valence electrons. The largest absolute Gasteiger partial charge is 0.382 e. The predicted molar refractivity (Wildman–Crippen MR) is 125 cm³/mol. The Balaban J connectivity index is 3.29. The number of hydrogen-bond acceptors (Lipinski definition) is 8. The van der Waals surface area contributed by atoms with Crippen LogP contribution in [-0.4, -0.2) is 81.0 Å². The molecule has 1 atom stereocenters. The van der Waals surface area contributed by atoms with Gasteiger partial charge >= 0.3 is 0 Å². The molecule has 3 N–H and O–H groups in total. The van der Waals surface area contributed by atoms with Gasteiger partial charge < -0.3 is 29.6 Å². The van der Waals surface area contributed by atoms with Crippen LogP contribution in [0.3, 0.4) is 0 Å². The van der Waals surface area contributed by atoms with Crippen LogP contribution in [0.5, 0.6) is 0 Å². The van der Waals surface area contributed by atoms with Gasteiger partial charge in [0.25, 0.3) is 0 Å². The molecule has 1 aliphatic rings. The first-order valence-electron chi connectivity index (χ1n) is 10.1. The first kappa shape index (κ1) is 26.7. The number of hydrogen-bond donors (Lipinski definition) is 2. The van der Waals surface area contributed by atoms with Crippen LogP contribution in [0, 0.1) is 0 Å². The van der Waals surface area contributed by atoms with E-state index in [2.05, 4.69) is 28.4 Å². The fraction of sp³-hybridized carbons (Fsp3) is 0.524. The lowest BCUT2D eigenvalue weighted by molar-refractivity contribution is -0.115. The number of allylic oxidation sites excluding steroid dienone is 2. The van der Waals surface area contributed by atoms with Gasteiger partial charge in [0.2, 0.25) is 6.41 Å². The van der Waals surface area contributed by atoms with E-state index in [4.69, 9.17) is 22.2 Å². The average Bonchev–Trinajstić information content (AvgIpc) is 2.77. The topological polar surface area (TPSA) is 95.7 Å². The zero-order valence-corrected chi connectivity index (χ0v) is 19.5. The van der Waals surface area contributed by atoms with Gasteiger partial charge in [-0.2, -0.15) is 0 Å². The Labute approximate surface area is 190 Å². The lowest BCUT2D eigenvalue weighted by Crippen LogP contribution is -2.42. The van der Waals surface area contributed by atoms with Gasteiger partial charge in [0.15, 0.2) is 5.82 Å². The van der Waals surface area contributed by atoms with Gasteiger partial charge in [-0.05, 0) is 25.6 Å². The SMILES string of the molecule is C=N/C(=C(/C(=C)N(C)CCCON)N(COCCC)CC1C=CC(Cl)=CN1)N(C)C=O. The van der Waals surface area contributed by atoms with Gasteiger partial charge in [-0.15, -0.1) is 0 Å². The van der Waals surface area contributed by atoms with E-state index in [0.717, 1.165) is 6.42 Å². The molecule has 0 saturated carbocycles. The molecule has 10 heteroatoms. The van der Waals surface area contributed by atoms with Crippen molar-refractivity contribution in [1.82, 2.24) is 20.0 Å². The molecular formula is C21H35ClN6O3. The van der Waals surface area contributed by atoms with Gasteiger partial charge in [-0.3, -0.25) is 4.79 Å². The van der Waals surface area contributed by atoms with Crippen molar-refractivity contribution < 1.29 is 14.4 Å². The highest BCUT2D eigenvalue weighted by Gasteiger charge is 2.25. The highest BCUT2D eigenvalue weighted by atomic mass is 35.5. The molecule has 1 rings (SSSR count). The zero-order valence-electron chi connectivity index (χ0n) is 18.7. The molecule has 1 unspecified atom stereocenters. The number of aliphatic imine (C=N–C) groups is 1. The van der Waals surface area contributed by atoms with Gasteiger partial charge in [-0.25, -0.2) is 10.9 Å². The van der Waals surface area contributed by atoms with Crippen LogP contribution in [0.2, 0.25) is 0 Å². The molecule has 0 fully saturated rings. The molecule has 0 radical (unpaired) electrons. The molecule has 0 aromatic carbocycles. The highest BCUT2D eigenvalue weighted by molar-refractivity contribution is 6.31. The second-order valence-corrected chi connectivity index (χ2v) is 7.50. The summed E-state index contributed by atoms with van der Waals surface area (Å²) in [6, 6.07) is -0.0286. The normalized spacial score (nSPS) is 16.0. The summed E-state index contributed by atoms with van der Waals surface area (Å²) in [5.41, 5.74) is 1.31. The van der Waals surface area contributed by atoms with Crippen LogP contribution < -0.4 is 11.2 Å². The summed E-state index contributed by atoms with van der Waals surface area (Å²) in [5.74, 6) is 5.52. The Morgan fingerprint density at radius 2 is 2.16 bits per heavy atom.